The summed E-state index contributed by atoms with van der Waals surface area (Å²) in [4.78, 5) is 13.8. The number of H-pyrrole nitrogens is 1. The number of aryl methyl sites for hydroxylation is 1. The van der Waals surface area contributed by atoms with Crippen molar-refractivity contribution in [2.75, 3.05) is 7.05 Å². The molecule has 0 spiro atoms. The molecule has 102 valence electrons. The number of aromatic amines is 1. The fourth-order valence-electron chi connectivity index (χ4n) is 1.84. The van der Waals surface area contributed by atoms with Gasteiger partial charge < -0.3 is 4.90 Å². The minimum atomic E-state index is -0.0907. The fraction of sp³-hybridized carbons (Fsp3) is 0.462. The third-order valence-electron chi connectivity index (χ3n) is 2.96. The van der Waals surface area contributed by atoms with Gasteiger partial charge in [0.15, 0.2) is 0 Å². The normalized spacial score (nSPS) is 11.0. The van der Waals surface area contributed by atoms with E-state index in [1.165, 1.54) is 0 Å². The Kier molecular flexibility index (Phi) is 3.69. The van der Waals surface area contributed by atoms with E-state index in [4.69, 9.17) is 0 Å². The second-order valence-corrected chi connectivity index (χ2v) is 5.05. The topological polar surface area (TPSA) is 66.8 Å². The molecule has 0 aromatic carbocycles. The number of aromatic nitrogens is 4. The van der Waals surface area contributed by atoms with Crippen molar-refractivity contribution in [1.29, 1.82) is 0 Å². The molecule has 6 nitrogen and oxygen atoms in total. The standard InChI is InChI=1S/C13H19N5O/c1-9(2)11-5-12(16-15-11)13(19)17(3)7-10-6-14-18(4)8-10/h5-6,8-9H,7H2,1-4H3,(H,15,16). The van der Waals surface area contributed by atoms with Crippen LogP contribution in [-0.4, -0.2) is 37.8 Å². The van der Waals surface area contributed by atoms with Crippen LogP contribution in [0.4, 0.5) is 0 Å². The lowest BCUT2D eigenvalue weighted by atomic mass is 10.1. The van der Waals surface area contributed by atoms with Crippen LogP contribution in [0, 0.1) is 0 Å². The first-order valence-corrected chi connectivity index (χ1v) is 6.25. The zero-order valence-corrected chi connectivity index (χ0v) is 11.7. The highest BCUT2D eigenvalue weighted by molar-refractivity contribution is 5.92. The van der Waals surface area contributed by atoms with Crippen molar-refractivity contribution >= 4 is 5.91 Å². The lowest BCUT2D eigenvalue weighted by molar-refractivity contribution is 0.0779. The number of hydrogen-bond acceptors (Lipinski definition) is 3. The summed E-state index contributed by atoms with van der Waals surface area (Å²) in [7, 11) is 3.62. The average molecular weight is 261 g/mol. The highest BCUT2D eigenvalue weighted by atomic mass is 16.2. The van der Waals surface area contributed by atoms with Crippen LogP contribution in [0.2, 0.25) is 0 Å². The van der Waals surface area contributed by atoms with Crippen LogP contribution in [0.25, 0.3) is 0 Å². The third kappa shape index (κ3) is 3.01. The molecule has 0 bridgehead atoms. The monoisotopic (exact) mass is 261 g/mol. The summed E-state index contributed by atoms with van der Waals surface area (Å²) in [5, 5.41) is 11.0. The highest BCUT2D eigenvalue weighted by Gasteiger charge is 2.16. The first kappa shape index (κ1) is 13.3. The van der Waals surface area contributed by atoms with Crippen LogP contribution in [-0.2, 0) is 13.6 Å². The Labute approximate surface area is 112 Å². The summed E-state index contributed by atoms with van der Waals surface area (Å²) < 4.78 is 1.72. The Morgan fingerprint density at radius 2 is 2.26 bits per heavy atom. The van der Waals surface area contributed by atoms with Gasteiger partial charge >= 0.3 is 0 Å². The second-order valence-electron chi connectivity index (χ2n) is 5.05. The molecule has 0 aliphatic carbocycles. The molecule has 2 aromatic heterocycles. The van der Waals surface area contributed by atoms with Crippen molar-refractivity contribution in [3.05, 3.63) is 35.4 Å². The maximum Gasteiger partial charge on any atom is 0.274 e. The van der Waals surface area contributed by atoms with Crippen LogP contribution in [0.1, 0.15) is 41.5 Å². The molecule has 0 saturated heterocycles. The van der Waals surface area contributed by atoms with Crippen LogP contribution in [0.5, 0.6) is 0 Å². The molecule has 2 aromatic rings. The minimum Gasteiger partial charge on any atom is -0.336 e. The molecule has 1 N–H and O–H groups in total. The van der Waals surface area contributed by atoms with E-state index < -0.39 is 0 Å². The zero-order valence-electron chi connectivity index (χ0n) is 11.7. The number of hydrogen-bond donors (Lipinski definition) is 1. The van der Waals surface area contributed by atoms with Gasteiger partial charge in [-0.05, 0) is 12.0 Å². The summed E-state index contributed by atoms with van der Waals surface area (Å²) in [6.07, 6.45) is 3.65. The number of nitrogens with one attached hydrogen (secondary N) is 1. The molecule has 0 fully saturated rings. The number of amides is 1. The predicted octanol–water partition coefficient (Wildman–Crippen LogP) is 1.54. The smallest absolute Gasteiger partial charge is 0.274 e. The molecule has 19 heavy (non-hydrogen) atoms. The molecular formula is C13H19N5O. The summed E-state index contributed by atoms with van der Waals surface area (Å²) >= 11 is 0. The Morgan fingerprint density at radius 3 is 2.79 bits per heavy atom. The predicted molar refractivity (Wildman–Crippen MR) is 71.7 cm³/mol. The van der Waals surface area contributed by atoms with Crippen molar-refractivity contribution in [3.63, 3.8) is 0 Å². The van der Waals surface area contributed by atoms with E-state index in [1.807, 2.05) is 19.3 Å². The van der Waals surface area contributed by atoms with Crippen LogP contribution in [0.3, 0.4) is 0 Å². The second kappa shape index (κ2) is 5.26. The molecule has 0 aliphatic rings. The molecule has 0 atom stereocenters. The first-order chi connectivity index (χ1) is 8.97. The van der Waals surface area contributed by atoms with Crippen molar-refractivity contribution in [1.82, 2.24) is 24.9 Å². The summed E-state index contributed by atoms with van der Waals surface area (Å²) in [6.45, 7) is 4.64. The Bertz CT molecular complexity index is 569. The Hall–Kier alpha value is -2.11. The van der Waals surface area contributed by atoms with Crippen molar-refractivity contribution in [2.24, 2.45) is 7.05 Å². The molecule has 0 radical (unpaired) electrons. The van der Waals surface area contributed by atoms with E-state index in [0.717, 1.165) is 11.3 Å². The molecule has 0 saturated carbocycles. The van der Waals surface area contributed by atoms with Crippen molar-refractivity contribution < 1.29 is 4.79 Å². The third-order valence-corrected chi connectivity index (χ3v) is 2.96. The van der Waals surface area contributed by atoms with Gasteiger partial charge in [-0.1, -0.05) is 13.8 Å². The molecule has 0 aliphatic heterocycles. The van der Waals surface area contributed by atoms with Gasteiger partial charge in [0, 0.05) is 38.1 Å². The minimum absolute atomic E-state index is 0.0907. The van der Waals surface area contributed by atoms with E-state index >= 15 is 0 Å². The summed E-state index contributed by atoms with van der Waals surface area (Å²) in [6, 6.07) is 1.81. The molecular weight excluding hydrogens is 242 g/mol. The molecule has 1 amide bonds. The van der Waals surface area contributed by atoms with Crippen LogP contribution >= 0.6 is 0 Å². The SMILES string of the molecule is CC(C)c1cc(C(=O)N(C)Cc2cnn(C)c2)n[nH]1. The molecule has 2 heterocycles. The fourth-order valence-corrected chi connectivity index (χ4v) is 1.84. The summed E-state index contributed by atoms with van der Waals surface area (Å²) in [5.41, 5.74) is 2.42. The van der Waals surface area contributed by atoms with Gasteiger partial charge in [-0.25, -0.2) is 0 Å². The molecule has 0 unspecified atom stereocenters. The zero-order chi connectivity index (χ0) is 14.0. The van der Waals surface area contributed by atoms with E-state index in [9.17, 15) is 4.79 Å². The van der Waals surface area contributed by atoms with Crippen molar-refractivity contribution in [2.45, 2.75) is 26.3 Å². The largest absolute Gasteiger partial charge is 0.336 e. The highest BCUT2D eigenvalue weighted by Crippen LogP contribution is 2.13. The number of carbonyl (C=O) groups excluding carboxylic acids is 1. The molecule has 2 rings (SSSR count). The Morgan fingerprint density at radius 1 is 1.53 bits per heavy atom. The molecule has 6 heteroatoms. The van der Waals surface area contributed by atoms with Crippen LogP contribution < -0.4 is 0 Å². The first-order valence-electron chi connectivity index (χ1n) is 6.25. The van der Waals surface area contributed by atoms with Gasteiger partial charge in [0.2, 0.25) is 0 Å². The van der Waals surface area contributed by atoms with Gasteiger partial charge in [0.05, 0.1) is 6.20 Å². The van der Waals surface area contributed by atoms with E-state index in [-0.39, 0.29) is 5.91 Å². The lowest BCUT2D eigenvalue weighted by Crippen LogP contribution is -2.26. The lowest BCUT2D eigenvalue weighted by Gasteiger charge is -2.14. The number of rotatable bonds is 4. The van der Waals surface area contributed by atoms with Gasteiger partial charge in [0.25, 0.3) is 5.91 Å². The maximum absolute atomic E-state index is 12.2. The maximum atomic E-state index is 12.2. The quantitative estimate of drug-likeness (QED) is 0.907. The number of nitrogens with zero attached hydrogens (tertiary/aromatic N) is 4. The Balaban J connectivity index is 2.05. The van der Waals surface area contributed by atoms with Crippen molar-refractivity contribution in [3.8, 4) is 0 Å². The number of carbonyl (C=O) groups is 1. The van der Waals surface area contributed by atoms with Gasteiger partial charge in [-0.3, -0.25) is 14.6 Å². The van der Waals surface area contributed by atoms with E-state index in [1.54, 1.807) is 22.8 Å². The van der Waals surface area contributed by atoms with E-state index in [2.05, 4.69) is 29.1 Å². The van der Waals surface area contributed by atoms with Gasteiger partial charge in [0.1, 0.15) is 5.69 Å². The summed E-state index contributed by atoms with van der Waals surface area (Å²) in [5.74, 6) is 0.240. The van der Waals surface area contributed by atoms with Crippen LogP contribution in [0.15, 0.2) is 18.5 Å². The van der Waals surface area contributed by atoms with Gasteiger partial charge in [-0.15, -0.1) is 0 Å². The average Bonchev–Trinajstić information content (AvgIpc) is 2.97. The van der Waals surface area contributed by atoms with Gasteiger partial charge in [-0.2, -0.15) is 10.2 Å². The van der Waals surface area contributed by atoms with E-state index in [0.29, 0.717) is 18.2 Å².